The summed E-state index contributed by atoms with van der Waals surface area (Å²) in [5.74, 6) is 0. The van der Waals surface area contributed by atoms with Crippen LogP contribution in [-0.4, -0.2) is 0 Å². The number of rotatable bonds is 8. The molecule has 3 heterocycles. The van der Waals surface area contributed by atoms with Crippen LogP contribution in [0.25, 0.3) is 73.4 Å². The predicted molar refractivity (Wildman–Crippen MR) is 217 cm³/mol. The van der Waals surface area contributed by atoms with E-state index in [9.17, 15) is 0 Å². The van der Waals surface area contributed by atoms with E-state index in [2.05, 4.69) is 150 Å². The Bertz CT molecular complexity index is 2890. The summed E-state index contributed by atoms with van der Waals surface area (Å²) in [4.78, 5) is 0. The number of nitrogens with one attached hydrogen (secondary N) is 2. The fourth-order valence-electron chi connectivity index (χ4n) is 7.49. The summed E-state index contributed by atoms with van der Waals surface area (Å²) >= 11 is 3.64. The molecule has 0 saturated heterocycles. The maximum atomic E-state index is 7.05. The molecule has 4 nitrogen and oxygen atoms in total. The van der Waals surface area contributed by atoms with Crippen molar-refractivity contribution in [3.63, 3.8) is 0 Å². The lowest BCUT2D eigenvalue weighted by Crippen LogP contribution is -2.39. The van der Waals surface area contributed by atoms with E-state index < -0.39 is 0 Å². The first-order valence-corrected chi connectivity index (χ1v) is 18.9. The predicted octanol–water partition coefficient (Wildman–Crippen LogP) is 12.0. The van der Waals surface area contributed by atoms with Gasteiger partial charge in [-0.2, -0.15) is 0 Å². The highest BCUT2D eigenvalue weighted by Gasteiger charge is 2.20. The van der Waals surface area contributed by atoms with E-state index in [0.29, 0.717) is 6.54 Å². The normalized spacial score (nSPS) is 13.3. The quantitative estimate of drug-likeness (QED) is 0.138. The lowest BCUT2D eigenvalue weighted by atomic mass is 10.00. The number of benzene rings is 7. The Balaban J connectivity index is 1.02. The fraction of sp³-hybridized carbons (Fsp3) is 0.0667. The maximum Gasteiger partial charge on any atom is 0.143 e. The van der Waals surface area contributed by atoms with Gasteiger partial charge in [-0.15, -0.1) is 22.7 Å². The molecule has 2 atom stereocenters. The van der Waals surface area contributed by atoms with Crippen molar-refractivity contribution in [1.82, 2.24) is 10.6 Å². The van der Waals surface area contributed by atoms with Crippen LogP contribution < -0.4 is 16.4 Å². The van der Waals surface area contributed by atoms with Gasteiger partial charge < -0.3 is 10.2 Å². The van der Waals surface area contributed by atoms with E-state index in [1.807, 2.05) is 34.8 Å². The van der Waals surface area contributed by atoms with Gasteiger partial charge >= 0.3 is 0 Å². The molecule has 0 amide bonds. The van der Waals surface area contributed by atoms with Crippen LogP contribution in [0.5, 0.6) is 0 Å². The molecule has 0 fully saturated rings. The lowest BCUT2D eigenvalue weighted by molar-refractivity contribution is 0.387. The van der Waals surface area contributed by atoms with Crippen molar-refractivity contribution in [2.45, 2.75) is 18.9 Å². The van der Waals surface area contributed by atoms with Gasteiger partial charge in [-0.1, -0.05) is 121 Å². The van der Waals surface area contributed by atoms with Gasteiger partial charge in [0.05, 0.1) is 12.3 Å². The smallest absolute Gasteiger partial charge is 0.143 e. The van der Waals surface area contributed by atoms with Crippen LogP contribution in [0.15, 0.2) is 156 Å². The van der Waals surface area contributed by atoms with E-state index >= 15 is 0 Å². The average Bonchev–Trinajstić information content (AvgIpc) is 3.87. The topological polar surface area (TPSA) is 63.2 Å². The Morgan fingerprint density at radius 2 is 1.31 bits per heavy atom. The molecule has 0 spiro atoms. The lowest BCUT2D eigenvalue weighted by Gasteiger charge is -2.26. The molecule has 10 aromatic rings. The minimum atomic E-state index is -0.378. The molecule has 0 saturated carbocycles. The zero-order chi connectivity index (χ0) is 33.9. The molecule has 4 N–H and O–H groups in total. The summed E-state index contributed by atoms with van der Waals surface area (Å²) in [7, 11) is 0. The summed E-state index contributed by atoms with van der Waals surface area (Å²) in [6.07, 6.45) is -0.558. The van der Waals surface area contributed by atoms with Crippen molar-refractivity contribution >= 4 is 85.0 Å². The van der Waals surface area contributed by atoms with E-state index in [4.69, 9.17) is 10.2 Å². The second kappa shape index (κ2) is 12.5. The fourth-order valence-corrected chi connectivity index (χ4v) is 9.88. The number of hydrogen-bond acceptors (Lipinski definition) is 6. The molecular weight excluding hydrogens is 663 g/mol. The van der Waals surface area contributed by atoms with Gasteiger partial charge in [-0.25, -0.2) is 0 Å². The largest absolute Gasteiger partial charge is 0.455 e. The van der Waals surface area contributed by atoms with Crippen LogP contribution in [0.3, 0.4) is 0 Å². The van der Waals surface area contributed by atoms with Crippen LogP contribution in [-0.2, 0) is 6.54 Å². The van der Waals surface area contributed by atoms with Crippen molar-refractivity contribution in [2.75, 3.05) is 0 Å². The molecule has 246 valence electrons. The highest BCUT2D eigenvalue weighted by molar-refractivity contribution is 7.26. The van der Waals surface area contributed by atoms with Crippen LogP contribution in [0.1, 0.15) is 29.0 Å². The van der Waals surface area contributed by atoms with E-state index in [-0.39, 0.29) is 12.3 Å². The van der Waals surface area contributed by atoms with Crippen molar-refractivity contribution in [3.05, 3.63) is 168 Å². The Hall–Kier alpha value is -5.34. The summed E-state index contributed by atoms with van der Waals surface area (Å²) in [6, 6.07) is 53.9. The molecular formula is C45H33N3OS2. The van der Waals surface area contributed by atoms with E-state index in [0.717, 1.165) is 44.2 Å². The summed E-state index contributed by atoms with van der Waals surface area (Å²) in [5, 5.41) is 14.9. The SMILES string of the molecule is NC(NC(NCc1ccccc1)c1ccc2c(c1)sc1ccc(-c3cccc4c3oc3ccccc34)cc12)c1cccc2c1sc1ccccc12. The standard InChI is InChI=1S/C45H33N3OS2/c46-44(36-17-9-16-35-32-13-5-7-19-39(32)51-43(35)36)48-45(47-26-27-10-2-1-3-11-27)29-20-22-33-37-24-28(21-23-40(37)50-41(33)25-29)30-14-8-15-34-31-12-4-6-18-38(31)49-42(30)34/h1-25,44-45,47-48H,26,46H2. The number of thiophene rings is 2. The molecule has 3 aromatic heterocycles. The number of fused-ring (bicyclic) bond motifs is 9. The molecule has 0 aliphatic rings. The Labute approximate surface area is 302 Å². The minimum Gasteiger partial charge on any atom is -0.455 e. The monoisotopic (exact) mass is 695 g/mol. The summed E-state index contributed by atoms with van der Waals surface area (Å²) in [5.41, 5.74) is 14.6. The number of hydrogen-bond donors (Lipinski definition) is 3. The van der Waals surface area contributed by atoms with E-state index in [1.54, 1.807) is 0 Å². The van der Waals surface area contributed by atoms with Gasteiger partial charge in [-0.05, 0) is 47.0 Å². The third kappa shape index (κ3) is 5.31. The van der Waals surface area contributed by atoms with Crippen molar-refractivity contribution in [3.8, 4) is 11.1 Å². The van der Waals surface area contributed by atoms with Gasteiger partial charge in [0.25, 0.3) is 0 Å². The summed E-state index contributed by atoms with van der Waals surface area (Å²) in [6.45, 7) is 0.708. The van der Waals surface area contributed by atoms with Crippen LogP contribution in [0, 0.1) is 0 Å². The van der Waals surface area contributed by atoms with Crippen molar-refractivity contribution < 1.29 is 4.42 Å². The Kier molecular flexibility index (Phi) is 7.45. The number of furan rings is 1. The highest BCUT2D eigenvalue weighted by Crippen LogP contribution is 2.41. The first-order valence-electron chi connectivity index (χ1n) is 17.2. The second-order valence-corrected chi connectivity index (χ2v) is 15.3. The van der Waals surface area contributed by atoms with Crippen LogP contribution in [0.4, 0.5) is 0 Å². The molecule has 0 aliphatic heterocycles. The molecule has 2 unspecified atom stereocenters. The Morgan fingerprint density at radius 1 is 0.569 bits per heavy atom. The van der Waals surface area contributed by atoms with Crippen molar-refractivity contribution in [1.29, 1.82) is 0 Å². The summed E-state index contributed by atoms with van der Waals surface area (Å²) < 4.78 is 11.4. The molecule has 0 bridgehead atoms. The van der Waals surface area contributed by atoms with E-state index in [1.165, 1.54) is 45.9 Å². The minimum absolute atomic E-state index is 0.180. The molecule has 6 heteroatoms. The number of nitrogens with two attached hydrogens (primary N) is 1. The Morgan fingerprint density at radius 3 is 2.24 bits per heavy atom. The zero-order valence-electron chi connectivity index (χ0n) is 27.6. The highest BCUT2D eigenvalue weighted by atomic mass is 32.1. The van der Waals surface area contributed by atoms with Gasteiger partial charge in [0.15, 0.2) is 0 Å². The van der Waals surface area contributed by atoms with Crippen molar-refractivity contribution in [2.24, 2.45) is 5.73 Å². The van der Waals surface area contributed by atoms with Crippen LogP contribution >= 0.6 is 22.7 Å². The van der Waals surface area contributed by atoms with Crippen LogP contribution in [0.2, 0.25) is 0 Å². The van der Waals surface area contributed by atoms with Gasteiger partial charge in [-0.3, -0.25) is 10.6 Å². The first kappa shape index (κ1) is 30.5. The molecule has 0 aliphatic carbocycles. The third-order valence-corrected chi connectivity index (χ3v) is 12.4. The van der Waals surface area contributed by atoms with Gasteiger partial charge in [0.1, 0.15) is 11.2 Å². The molecule has 51 heavy (non-hydrogen) atoms. The van der Waals surface area contributed by atoms with Gasteiger partial charge in [0.2, 0.25) is 0 Å². The first-order chi connectivity index (χ1) is 25.2. The third-order valence-electron chi connectivity index (χ3n) is 10.0. The average molecular weight is 696 g/mol. The molecule has 0 radical (unpaired) electrons. The molecule has 7 aromatic carbocycles. The number of para-hydroxylation sites is 2. The molecule has 10 rings (SSSR count). The second-order valence-electron chi connectivity index (χ2n) is 13.1. The maximum absolute atomic E-state index is 7.05. The van der Waals surface area contributed by atoms with Gasteiger partial charge in [0, 0.05) is 68.8 Å². The zero-order valence-corrected chi connectivity index (χ0v) is 29.2.